The monoisotopic (exact) mass is 335 g/mol. The number of amides is 2. The highest BCUT2D eigenvalue weighted by Gasteiger charge is 2.18. The molecule has 1 heterocycles. The zero-order valence-corrected chi connectivity index (χ0v) is 14.2. The van der Waals surface area contributed by atoms with Crippen LogP contribution in [-0.2, 0) is 6.54 Å². The van der Waals surface area contributed by atoms with Crippen LogP contribution in [0.5, 0.6) is 5.75 Å². The molecule has 0 aliphatic heterocycles. The number of halogens is 1. The molecular formula is C17H22FN3O3. The van der Waals surface area contributed by atoms with Gasteiger partial charge in [0.05, 0.1) is 31.0 Å². The fourth-order valence-corrected chi connectivity index (χ4v) is 2.29. The minimum atomic E-state index is -0.554. The maximum atomic E-state index is 14.0. The van der Waals surface area contributed by atoms with Gasteiger partial charge in [-0.15, -0.1) is 0 Å². The first-order valence-electron chi connectivity index (χ1n) is 7.74. The largest absolute Gasteiger partial charge is 0.496 e. The zero-order valence-electron chi connectivity index (χ0n) is 14.2. The van der Waals surface area contributed by atoms with Gasteiger partial charge in [0.25, 0.3) is 0 Å². The molecule has 1 atom stereocenters. The lowest BCUT2D eigenvalue weighted by Gasteiger charge is -2.18. The molecule has 2 N–H and O–H groups in total. The number of carbonyl (C=O) groups excluding carboxylic acids is 1. The maximum absolute atomic E-state index is 14.0. The van der Waals surface area contributed by atoms with Crippen LogP contribution in [-0.4, -0.2) is 18.3 Å². The van der Waals surface area contributed by atoms with Crippen LogP contribution in [0.3, 0.4) is 0 Å². The fourth-order valence-electron chi connectivity index (χ4n) is 2.29. The number of urea groups is 1. The molecule has 2 aromatic rings. The SMILES string of the molecule is COc1cccc(F)c1[C@H](C)NC(=O)NCc1cc(C(C)C)no1. The van der Waals surface area contributed by atoms with Crippen molar-refractivity contribution in [1.29, 1.82) is 0 Å². The van der Waals surface area contributed by atoms with Crippen LogP contribution in [0.2, 0.25) is 0 Å². The van der Waals surface area contributed by atoms with Crippen LogP contribution < -0.4 is 15.4 Å². The van der Waals surface area contributed by atoms with Gasteiger partial charge in [0.1, 0.15) is 11.6 Å². The lowest BCUT2D eigenvalue weighted by atomic mass is 10.1. The van der Waals surface area contributed by atoms with Crippen molar-refractivity contribution < 1.29 is 18.4 Å². The van der Waals surface area contributed by atoms with Gasteiger partial charge in [-0.3, -0.25) is 0 Å². The number of hydrogen-bond acceptors (Lipinski definition) is 4. The summed E-state index contributed by atoms with van der Waals surface area (Å²) < 4.78 is 24.3. The Balaban J connectivity index is 1.94. The molecule has 0 spiro atoms. The predicted molar refractivity (Wildman–Crippen MR) is 87.3 cm³/mol. The summed E-state index contributed by atoms with van der Waals surface area (Å²) in [5.41, 5.74) is 1.13. The standard InChI is InChI=1S/C17H22FN3O3/c1-10(2)14-8-12(24-21-14)9-19-17(22)20-11(3)16-13(18)6-5-7-15(16)23-4/h5-8,10-11H,9H2,1-4H3,(H2,19,20,22)/t11-/m0/s1. The Hall–Kier alpha value is -2.57. The summed E-state index contributed by atoms with van der Waals surface area (Å²) in [4.78, 5) is 12.0. The van der Waals surface area contributed by atoms with E-state index >= 15 is 0 Å². The molecule has 0 fully saturated rings. The summed E-state index contributed by atoms with van der Waals surface area (Å²) in [6.07, 6.45) is 0. The zero-order chi connectivity index (χ0) is 17.7. The van der Waals surface area contributed by atoms with E-state index in [4.69, 9.17) is 9.26 Å². The topological polar surface area (TPSA) is 76.4 Å². The summed E-state index contributed by atoms with van der Waals surface area (Å²) in [5.74, 6) is 0.772. The second-order valence-corrected chi connectivity index (χ2v) is 5.78. The molecule has 0 aliphatic carbocycles. The van der Waals surface area contributed by atoms with Crippen LogP contribution in [0.25, 0.3) is 0 Å². The number of benzene rings is 1. The van der Waals surface area contributed by atoms with Gasteiger partial charge in [0.15, 0.2) is 5.76 Å². The molecule has 0 radical (unpaired) electrons. The van der Waals surface area contributed by atoms with E-state index in [1.165, 1.54) is 13.2 Å². The Bertz CT molecular complexity index is 700. The van der Waals surface area contributed by atoms with Crippen molar-refractivity contribution in [2.45, 2.75) is 39.3 Å². The number of rotatable bonds is 6. The lowest BCUT2D eigenvalue weighted by Crippen LogP contribution is -2.37. The second kappa shape index (κ2) is 7.81. The van der Waals surface area contributed by atoms with Crippen molar-refractivity contribution in [3.05, 3.63) is 47.1 Å². The Morgan fingerprint density at radius 3 is 2.75 bits per heavy atom. The number of nitrogens with zero attached hydrogens (tertiary/aromatic N) is 1. The summed E-state index contributed by atoms with van der Waals surface area (Å²) >= 11 is 0. The highest BCUT2D eigenvalue weighted by Crippen LogP contribution is 2.27. The van der Waals surface area contributed by atoms with Crippen LogP contribution in [0.4, 0.5) is 9.18 Å². The Labute approximate surface area is 140 Å². The molecule has 130 valence electrons. The van der Waals surface area contributed by atoms with Crippen molar-refractivity contribution >= 4 is 6.03 Å². The van der Waals surface area contributed by atoms with E-state index in [1.807, 2.05) is 13.8 Å². The number of aromatic nitrogens is 1. The third-order valence-electron chi connectivity index (χ3n) is 3.61. The van der Waals surface area contributed by atoms with Crippen LogP contribution in [0.15, 0.2) is 28.8 Å². The van der Waals surface area contributed by atoms with Crippen LogP contribution >= 0.6 is 0 Å². The third kappa shape index (κ3) is 4.24. The number of ether oxygens (including phenoxy) is 1. The second-order valence-electron chi connectivity index (χ2n) is 5.78. The quantitative estimate of drug-likeness (QED) is 0.847. The number of carbonyl (C=O) groups is 1. The van der Waals surface area contributed by atoms with Crippen molar-refractivity contribution in [2.75, 3.05) is 7.11 Å². The Morgan fingerprint density at radius 1 is 1.38 bits per heavy atom. The molecule has 24 heavy (non-hydrogen) atoms. The van der Waals surface area contributed by atoms with Gasteiger partial charge in [0.2, 0.25) is 0 Å². The molecular weight excluding hydrogens is 313 g/mol. The van der Waals surface area contributed by atoms with Gasteiger partial charge >= 0.3 is 6.03 Å². The van der Waals surface area contributed by atoms with Gasteiger partial charge in [-0.05, 0) is 25.0 Å². The normalized spacial score (nSPS) is 12.1. The average Bonchev–Trinajstić information content (AvgIpc) is 3.01. The Morgan fingerprint density at radius 2 is 2.12 bits per heavy atom. The Kier molecular flexibility index (Phi) is 5.78. The molecule has 0 saturated carbocycles. The molecule has 2 rings (SSSR count). The van der Waals surface area contributed by atoms with E-state index in [-0.39, 0.29) is 12.5 Å². The molecule has 0 unspecified atom stereocenters. The molecule has 0 bridgehead atoms. The highest BCUT2D eigenvalue weighted by atomic mass is 19.1. The van der Waals surface area contributed by atoms with Gasteiger partial charge in [-0.1, -0.05) is 25.1 Å². The predicted octanol–water partition coefficient (Wildman–Crippen LogP) is 3.51. The molecule has 7 heteroatoms. The number of methoxy groups -OCH3 is 1. The first-order valence-corrected chi connectivity index (χ1v) is 7.74. The minimum Gasteiger partial charge on any atom is -0.496 e. The molecule has 1 aromatic heterocycles. The summed E-state index contributed by atoms with van der Waals surface area (Å²) in [5, 5.41) is 9.26. The highest BCUT2D eigenvalue weighted by molar-refractivity contribution is 5.74. The molecule has 6 nitrogen and oxygen atoms in total. The van der Waals surface area contributed by atoms with E-state index in [0.717, 1.165) is 5.69 Å². The van der Waals surface area contributed by atoms with E-state index in [2.05, 4.69) is 15.8 Å². The first-order chi connectivity index (χ1) is 11.4. The summed E-state index contributed by atoms with van der Waals surface area (Å²) in [6, 6.07) is 5.35. The fraction of sp³-hybridized carbons (Fsp3) is 0.412. The summed E-state index contributed by atoms with van der Waals surface area (Å²) in [7, 11) is 1.46. The maximum Gasteiger partial charge on any atom is 0.315 e. The molecule has 0 aliphatic rings. The van der Waals surface area contributed by atoms with Gasteiger partial charge in [0, 0.05) is 6.07 Å². The van der Waals surface area contributed by atoms with Crippen molar-refractivity contribution in [1.82, 2.24) is 15.8 Å². The van der Waals surface area contributed by atoms with Gasteiger partial charge < -0.3 is 19.9 Å². The minimum absolute atomic E-state index is 0.201. The van der Waals surface area contributed by atoms with Crippen molar-refractivity contribution in [3.63, 3.8) is 0 Å². The molecule has 1 aromatic carbocycles. The molecule has 0 saturated heterocycles. The van der Waals surface area contributed by atoms with Crippen LogP contribution in [0.1, 0.15) is 49.7 Å². The van der Waals surface area contributed by atoms with Crippen LogP contribution in [0, 0.1) is 5.82 Å². The van der Waals surface area contributed by atoms with Gasteiger partial charge in [-0.2, -0.15) is 0 Å². The van der Waals surface area contributed by atoms with E-state index < -0.39 is 17.9 Å². The van der Waals surface area contributed by atoms with E-state index in [1.54, 1.807) is 25.1 Å². The molecule has 2 amide bonds. The number of nitrogens with one attached hydrogen (secondary N) is 2. The van der Waals surface area contributed by atoms with Gasteiger partial charge in [-0.25, -0.2) is 9.18 Å². The van der Waals surface area contributed by atoms with Crippen molar-refractivity contribution in [3.8, 4) is 5.75 Å². The number of hydrogen-bond donors (Lipinski definition) is 2. The first kappa shape index (κ1) is 17.8. The average molecular weight is 335 g/mol. The van der Waals surface area contributed by atoms with E-state index in [9.17, 15) is 9.18 Å². The lowest BCUT2D eigenvalue weighted by molar-refractivity contribution is 0.235. The van der Waals surface area contributed by atoms with E-state index in [0.29, 0.717) is 17.1 Å². The third-order valence-corrected chi connectivity index (χ3v) is 3.61. The van der Waals surface area contributed by atoms with Crippen molar-refractivity contribution in [2.24, 2.45) is 0 Å². The summed E-state index contributed by atoms with van der Waals surface area (Å²) in [6.45, 7) is 5.90. The smallest absolute Gasteiger partial charge is 0.315 e.